The van der Waals surface area contributed by atoms with E-state index in [1.54, 1.807) is 6.07 Å². The first-order chi connectivity index (χ1) is 16.6. The molecule has 0 atom stereocenters. The summed E-state index contributed by atoms with van der Waals surface area (Å²) in [6, 6.07) is 10.3. The highest BCUT2D eigenvalue weighted by Gasteiger charge is 2.49. The van der Waals surface area contributed by atoms with Crippen LogP contribution in [0.1, 0.15) is 31.2 Å². The van der Waals surface area contributed by atoms with Gasteiger partial charge in [0, 0.05) is 42.2 Å². The summed E-state index contributed by atoms with van der Waals surface area (Å²) in [4.78, 5) is -0.0125. The van der Waals surface area contributed by atoms with Crippen molar-refractivity contribution in [1.29, 1.82) is 5.26 Å². The lowest BCUT2D eigenvalue weighted by Crippen LogP contribution is -2.65. The lowest BCUT2D eigenvalue weighted by atomic mass is 9.81. The molecule has 0 radical (unpaired) electrons. The van der Waals surface area contributed by atoms with Gasteiger partial charge in [0.15, 0.2) is 0 Å². The van der Waals surface area contributed by atoms with E-state index >= 15 is 0 Å². The number of benzene rings is 2. The molecule has 196 valence electrons. The molecule has 1 heterocycles. The van der Waals surface area contributed by atoms with Gasteiger partial charge in [0.25, 0.3) is 0 Å². The van der Waals surface area contributed by atoms with E-state index in [0.717, 1.165) is 31.7 Å². The number of ether oxygens (including phenoxy) is 1. The minimum absolute atomic E-state index is 0. The summed E-state index contributed by atoms with van der Waals surface area (Å²) in [7, 11) is -3.84. The van der Waals surface area contributed by atoms with Crippen molar-refractivity contribution in [2.24, 2.45) is 5.41 Å². The Morgan fingerprint density at radius 3 is 2.47 bits per heavy atom. The lowest BCUT2D eigenvalue weighted by molar-refractivity contribution is 0.0141. The minimum atomic E-state index is -3.84. The van der Waals surface area contributed by atoms with Crippen molar-refractivity contribution in [3.05, 3.63) is 57.8 Å². The highest BCUT2D eigenvalue weighted by Crippen LogP contribution is 2.38. The van der Waals surface area contributed by atoms with Crippen molar-refractivity contribution in [1.82, 2.24) is 9.62 Å². The average molecular weight is 579 g/mol. The molecule has 12 heteroatoms. The quantitative estimate of drug-likeness (QED) is 0.482. The van der Waals surface area contributed by atoms with E-state index in [1.165, 1.54) is 34.6 Å². The number of rotatable bonds is 8. The predicted octanol–water partition coefficient (Wildman–Crippen LogP) is 4.39. The fraction of sp³-hybridized carbons (Fsp3) is 0.458. The summed E-state index contributed by atoms with van der Waals surface area (Å²) in [5.74, 6) is -0.406. The Morgan fingerprint density at radius 1 is 1.17 bits per heavy atom. The number of nitriles is 1. The van der Waals surface area contributed by atoms with Crippen molar-refractivity contribution >= 4 is 45.6 Å². The van der Waals surface area contributed by atoms with Crippen molar-refractivity contribution in [3.8, 4) is 11.8 Å². The van der Waals surface area contributed by atoms with Gasteiger partial charge in [-0.2, -0.15) is 9.57 Å². The van der Waals surface area contributed by atoms with Gasteiger partial charge < -0.3 is 15.2 Å². The van der Waals surface area contributed by atoms with E-state index in [4.69, 9.17) is 33.2 Å². The van der Waals surface area contributed by atoms with Gasteiger partial charge in [-0.05, 0) is 56.0 Å². The van der Waals surface area contributed by atoms with Crippen molar-refractivity contribution in [3.63, 3.8) is 0 Å². The van der Waals surface area contributed by atoms with E-state index in [-0.39, 0.29) is 65.5 Å². The molecule has 4 rings (SSSR count). The number of hydrogen-bond acceptors (Lipinski definition) is 6. The first-order valence-electron chi connectivity index (χ1n) is 11.3. The van der Waals surface area contributed by atoms with E-state index in [2.05, 4.69) is 5.32 Å². The Morgan fingerprint density at radius 2 is 1.86 bits per heavy atom. The second-order valence-electron chi connectivity index (χ2n) is 9.28. The molecule has 1 aliphatic carbocycles. The molecular formula is C24H27Cl3FN3O4S. The van der Waals surface area contributed by atoms with Gasteiger partial charge in [-0.25, -0.2) is 12.8 Å². The van der Waals surface area contributed by atoms with Gasteiger partial charge in [-0.15, -0.1) is 12.4 Å². The number of hydrogen-bond donors (Lipinski definition) is 2. The largest absolute Gasteiger partial charge is 0.493 e. The van der Waals surface area contributed by atoms with Crippen LogP contribution in [0.15, 0.2) is 41.3 Å². The van der Waals surface area contributed by atoms with Crippen molar-refractivity contribution in [2.45, 2.75) is 42.7 Å². The number of aliphatic hydroxyl groups excluding tert-OH is 1. The summed E-state index contributed by atoms with van der Waals surface area (Å²) < 4.78 is 47.6. The van der Waals surface area contributed by atoms with Crippen LogP contribution in [0.2, 0.25) is 10.0 Å². The zero-order valence-corrected chi connectivity index (χ0v) is 22.4. The standard InChI is InChI=1S/C24H26Cl2FN3O4S.ClH/c25-17-2-8-23(21(26)9-17)35(32,33)30-13-24(14-30,12-29-18-3-5-19(31)6-4-18)15-34-20-7-1-16(11-28)22(27)10-20;/h1-2,7-10,18-19,29,31H,3-6,12-15H2;1H/t18-,19-;. The first kappa shape index (κ1) is 28.9. The van der Waals surface area contributed by atoms with Crippen LogP contribution in [0, 0.1) is 22.6 Å². The normalized spacial score (nSPS) is 21.6. The van der Waals surface area contributed by atoms with Gasteiger partial charge in [0.2, 0.25) is 10.0 Å². The smallest absolute Gasteiger partial charge is 0.244 e. The SMILES string of the molecule is Cl.N#Cc1ccc(OCC2(CN[C@H]3CC[C@H](O)CC3)CN(S(=O)(=O)c3ccc(Cl)cc3Cl)C2)cc1F. The Kier molecular flexibility index (Phi) is 9.50. The molecule has 0 unspecified atom stereocenters. The Bertz CT molecular complexity index is 1230. The number of sulfonamides is 1. The predicted molar refractivity (Wildman–Crippen MR) is 138 cm³/mol. The molecule has 1 saturated heterocycles. The molecule has 2 aliphatic rings. The fourth-order valence-electron chi connectivity index (χ4n) is 4.50. The number of aliphatic hydroxyl groups is 1. The third kappa shape index (κ3) is 6.43. The minimum Gasteiger partial charge on any atom is -0.493 e. The molecule has 0 spiro atoms. The van der Waals surface area contributed by atoms with Gasteiger partial charge in [0.1, 0.15) is 22.5 Å². The van der Waals surface area contributed by atoms with Crippen LogP contribution in [0.5, 0.6) is 5.75 Å². The Balaban J connectivity index is 0.00000361. The van der Waals surface area contributed by atoms with E-state index in [0.29, 0.717) is 11.6 Å². The number of nitrogens with zero attached hydrogens (tertiary/aromatic N) is 2. The molecule has 2 aromatic rings. The van der Waals surface area contributed by atoms with Gasteiger partial charge in [-0.3, -0.25) is 0 Å². The molecule has 0 aromatic heterocycles. The number of nitrogens with one attached hydrogen (secondary N) is 1. The molecule has 2 aromatic carbocycles. The summed E-state index contributed by atoms with van der Waals surface area (Å²) in [5.41, 5.74) is -0.624. The zero-order chi connectivity index (χ0) is 25.2. The van der Waals surface area contributed by atoms with E-state index in [1.807, 2.05) is 0 Å². The lowest BCUT2D eigenvalue weighted by Gasteiger charge is -2.49. The van der Waals surface area contributed by atoms with E-state index < -0.39 is 21.3 Å². The van der Waals surface area contributed by atoms with Crippen LogP contribution in [-0.2, 0) is 10.0 Å². The molecule has 0 bridgehead atoms. The monoisotopic (exact) mass is 577 g/mol. The summed E-state index contributed by atoms with van der Waals surface area (Å²) in [6.45, 7) is 1.03. The van der Waals surface area contributed by atoms with Crippen LogP contribution in [0.3, 0.4) is 0 Å². The van der Waals surface area contributed by atoms with Crippen LogP contribution in [0.4, 0.5) is 4.39 Å². The molecule has 7 nitrogen and oxygen atoms in total. The van der Waals surface area contributed by atoms with Gasteiger partial charge in [-0.1, -0.05) is 23.2 Å². The summed E-state index contributed by atoms with van der Waals surface area (Å²) >= 11 is 12.1. The van der Waals surface area contributed by atoms with Gasteiger partial charge >= 0.3 is 0 Å². The number of halogens is 4. The third-order valence-electron chi connectivity index (χ3n) is 6.60. The van der Waals surface area contributed by atoms with E-state index in [9.17, 15) is 17.9 Å². The highest BCUT2D eigenvalue weighted by molar-refractivity contribution is 7.89. The summed E-state index contributed by atoms with van der Waals surface area (Å²) in [6.07, 6.45) is 2.84. The molecule has 0 amide bonds. The molecule has 2 N–H and O–H groups in total. The molecule has 1 aliphatic heterocycles. The zero-order valence-electron chi connectivity index (χ0n) is 19.3. The molecular weight excluding hydrogens is 552 g/mol. The van der Waals surface area contributed by atoms with Crippen molar-refractivity contribution < 1.29 is 22.7 Å². The maximum Gasteiger partial charge on any atom is 0.244 e. The van der Waals surface area contributed by atoms with Crippen LogP contribution < -0.4 is 10.1 Å². The van der Waals surface area contributed by atoms with Crippen LogP contribution in [0.25, 0.3) is 0 Å². The van der Waals surface area contributed by atoms with Crippen LogP contribution >= 0.6 is 35.6 Å². The topological polar surface area (TPSA) is 103 Å². The third-order valence-corrected chi connectivity index (χ3v) is 9.11. The first-order valence-corrected chi connectivity index (χ1v) is 13.5. The Hall–Kier alpha value is -1.64. The van der Waals surface area contributed by atoms with Gasteiger partial charge in [0.05, 0.1) is 23.3 Å². The summed E-state index contributed by atoms with van der Waals surface area (Å²) in [5, 5.41) is 22.6. The molecule has 1 saturated carbocycles. The maximum absolute atomic E-state index is 14.0. The second-order valence-corrected chi connectivity index (χ2v) is 12.0. The highest BCUT2D eigenvalue weighted by atomic mass is 35.5. The maximum atomic E-state index is 14.0. The van der Waals surface area contributed by atoms with Crippen LogP contribution in [-0.4, -0.2) is 56.2 Å². The molecule has 2 fully saturated rings. The second kappa shape index (κ2) is 11.8. The molecule has 36 heavy (non-hydrogen) atoms. The fourth-order valence-corrected chi connectivity index (χ4v) is 6.92. The van der Waals surface area contributed by atoms with Crippen molar-refractivity contribution in [2.75, 3.05) is 26.2 Å². The Labute approximate surface area is 226 Å². The average Bonchev–Trinajstić information content (AvgIpc) is 2.79.